The predicted molar refractivity (Wildman–Crippen MR) is 75.8 cm³/mol. The van der Waals surface area contributed by atoms with Crippen LogP contribution in [-0.4, -0.2) is 22.6 Å². The molecule has 6 nitrogen and oxygen atoms in total. The van der Waals surface area contributed by atoms with E-state index in [1.165, 1.54) is 6.39 Å². The molecular formula is C14H18N4O2. The Morgan fingerprint density at radius 3 is 2.75 bits per heavy atom. The molecule has 0 saturated carbocycles. The van der Waals surface area contributed by atoms with Crippen LogP contribution in [0.1, 0.15) is 19.8 Å². The summed E-state index contributed by atoms with van der Waals surface area (Å²) < 4.78 is 5.10. The number of rotatable bonds is 6. The fourth-order valence-corrected chi connectivity index (χ4v) is 1.71. The van der Waals surface area contributed by atoms with Crippen molar-refractivity contribution in [3.05, 3.63) is 30.7 Å². The molecule has 1 amide bonds. The molecule has 1 heterocycles. The van der Waals surface area contributed by atoms with Gasteiger partial charge in [0.25, 0.3) is 0 Å². The van der Waals surface area contributed by atoms with Crippen molar-refractivity contribution in [2.24, 2.45) is 11.7 Å². The Morgan fingerprint density at radius 2 is 2.15 bits per heavy atom. The van der Waals surface area contributed by atoms with Gasteiger partial charge in [-0.15, -0.1) is 10.2 Å². The molecule has 106 valence electrons. The van der Waals surface area contributed by atoms with Crippen LogP contribution in [0.3, 0.4) is 0 Å². The summed E-state index contributed by atoms with van der Waals surface area (Å²) in [4.78, 5) is 11.8. The molecule has 0 aliphatic carbocycles. The van der Waals surface area contributed by atoms with E-state index in [9.17, 15) is 4.79 Å². The lowest BCUT2D eigenvalue weighted by atomic mass is 10.1. The lowest BCUT2D eigenvalue weighted by Gasteiger charge is -2.08. The van der Waals surface area contributed by atoms with Crippen LogP contribution >= 0.6 is 0 Å². The largest absolute Gasteiger partial charge is 0.423 e. The number of nitrogens with zero attached hydrogens (tertiary/aromatic N) is 2. The topological polar surface area (TPSA) is 94.0 Å². The normalized spacial score (nSPS) is 12.1. The number of amides is 1. The SMILES string of the molecule is CC(CN)CCC(=O)Nc1ccc(-c2nnco2)cc1. The van der Waals surface area contributed by atoms with E-state index in [0.29, 0.717) is 24.8 Å². The van der Waals surface area contributed by atoms with Gasteiger partial charge in [-0.1, -0.05) is 6.92 Å². The van der Waals surface area contributed by atoms with Crippen LogP contribution in [-0.2, 0) is 4.79 Å². The van der Waals surface area contributed by atoms with Gasteiger partial charge in [-0.2, -0.15) is 0 Å². The summed E-state index contributed by atoms with van der Waals surface area (Å²) in [5, 5.41) is 10.3. The number of nitrogens with one attached hydrogen (secondary N) is 1. The number of aromatic nitrogens is 2. The average molecular weight is 274 g/mol. The van der Waals surface area contributed by atoms with Gasteiger partial charge in [-0.25, -0.2) is 0 Å². The smallest absolute Gasteiger partial charge is 0.247 e. The monoisotopic (exact) mass is 274 g/mol. The minimum atomic E-state index is -0.00385. The molecular weight excluding hydrogens is 256 g/mol. The van der Waals surface area contributed by atoms with E-state index in [0.717, 1.165) is 17.7 Å². The molecule has 1 aromatic heterocycles. The maximum atomic E-state index is 11.8. The van der Waals surface area contributed by atoms with Crippen LogP contribution in [0.25, 0.3) is 11.5 Å². The van der Waals surface area contributed by atoms with Crippen molar-refractivity contribution in [2.75, 3.05) is 11.9 Å². The van der Waals surface area contributed by atoms with E-state index in [1.807, 2.05) is 31.2 Å². The van der Waals surface area contributed by atoms with Gasteiger partial charge in [0, 0.05) is 17.7 Å². The van der Waals surface area contributed by atoms with Crippen LogP contribution < -0.4 is 11.1 Å². The summed E-state index contributed by atoms with van der Waals surface area (Å²) in [6, 6.07) is 7.27. The Bertz CT molecular complexity index is 537. The van der Waals surface area contributed by atoms with Gasteiger partial charge < -0.3 is 15.5 Å². The number of nitrogens with two attached hydrogens (primary N) is 1. The van der Waals surface area contributed by atoms with Gasteiger partial charge in [0.15, 0.2) is 0 Å². The number of carbonyl (C=O) groups is 1. The number of hydrogen-bond acceptors (Lipinski definition) is 5. The van der Waals surface area contributed by atoms with Gasteiger partial charge in [0.05, 0.1) is 0 Å². The first-order valence-corrected chi connectivity index (χ1v) is 6.55. The second-order valence-corrected chi connectivity index (χ2v) is 4.75. The van der Waals surface area contributed by atoms with Crippen LogP contribution in [0, 0.1) is 5.92 Å². The first-order chi connectivity index (χ1) is 9.69. The van der Waals surface area contributed by atoms with Crippen molar-refractivity contribution < 1.29 is 9.21 Å². The average Bonchev–Trinajstić information content (AvgIpc) is 2.99. The Morgan fingerprint density at radius 1 is 1.40 bits per heavy atom. The van der Waals surface area contributed by atoms with Crippen molar-refractivity contribution in [1.82, 2.24) is 10.2 Å². The minimum Gasteiger partial charge on any atom is -0.423 e. The highest BCUT2D eigenvalue weighted by molar-refractivity contribution is 5.90. The predicted octanol–water partition coefficient (Wildman–Crippen LogP) is 2.05. The van der Waals surface area contributed by atoms with Crippen LogP contribution in [0.2, 0.25) is 0 Å². The molecule has 0 spiro atoms. The zero-order valence-corrected chi connectivity index (χ0v) is 11.4. The Hall–Kier alpha value is -2.21. The maximum absolute atomic E-state index is 11.8. The minimum absolute atomic E-state index is 0.00385. The number of anilines is 1. The van der Waals surface area contributed by atoms with Crippen LogP contribution in [0.4, 0.5) is 5.69 Å². The second-order valence-electron chi connectivity index (χ2n) is 4.75. The molecule has 20 heavy (non-hydrogen) atoms. The van der Waals surface area contributed by atoms with Crippen molar-refractivity contribution >= 4 is 11.6 Å². The van der Waals surface area contributed by atoms with Crippen LogP contribution in [0.5, 0.6) is 0 Å². The molecule has 0 radical (unpaired) electrons. The summed E-state index contributed by atoms with van der Waals surface area (Å²) in [5.41, 5.74) is 7.09. The Balaban J connectivity index is 1.89. The molecule has 0 aliphatic rings. The molecule has 1 atom stereocenters. The first kappa shape index (κ1) is 14.2. The van der Waals surface area contributed by atoms with Gasteiger partial charge in [0.1, 0.15) is 0 Å². The number of benzene rings is 1. The highest BCUT2D eigenvalue weighted by Crippen LogP contribution is 2.19. The first-order valence-electron chi connectivity index (χ1n) is 6.55. The zero-order valence-electron chi connectivity index (χ0n) is 11.4. The summed E-state index contributed by atoms with van der Waals surface area (Å²) in [5.74, 6) is 0.816. The van der Waals surface area contributed by atoms with E-state index in [4.69, 9.17) is 10.2 Å². The van der Waals surface area contributed by atoms with Crippen molar-refractivity contribution in [1.29, 1.82) is 0 Å². The fourth-order valence-electron chi connectivity index (χ4n) is 1.71. The van der Waals surface area contributed by atoms with E-state index in [1.54, 1.807) is 0 Å². The molecule has 0 saturated heterocycles. The van der Waals surface area contributed by atoms with E-state index >= 15 is 0 Å². The van der Waals surface area contributed by atoms with Crippen molar-refractivity contribution in [2.45, 2.75) is 19.8 Å². The van der Waals surface area contributed by atoms with Crippen LogP contribution in [0.15, 0.2) is 35.1 Å². The summed E-state index contributed by atoms with van der Waals surface area (Å²) >= 11 is 0. The summed E-state index contributed by atoms with van der Waals surface area (Å²) in [6.07, 6.45) is 2.55. The standard InChI is InChI=1S/C14H18N4O2/c1-10(8-15)2-7-13(19)17-12-5-3-11(4-6-12)14-18-16-9-20-14/h3-6,9-10H,2,7-8,15H2,1H3,(H,17,19). The third kappa shape index (κ3) is 3.89. The molecule has 6 heteroatoms. The van der Waals surface area contributed by atoms with Gasteiger partial charge in [0.2, 0.25) is 18.2 Å². The molecule has 0 bridgehead atoms. The van der Waals surface area contributed by atoms with Gasteiger partial charge >= 0.3 is 0 Å². The van der Waals surface area contributed by atoms with E-state index in [-0.39, 0.29) is 5.91 Å². The molecule has 3 N–H and O–H groups in total. The third-order valence-corrected chi connectivity index (χ3v) is 3.04. The number of carbonyl (C=O) groups excluding carboxylic acids is 1. The fraction of sp³-hybridized carbons (Fsp3) is 0.357. The molecule has 0 fully saturated rings. The van der Waals surface area contributed by atoms with E-state index < -0.39 is 0 Å². The summed E-state index contributed by atoms with van der Waals surface area (Å²) in [7, 11) is 0. The quantitative estimate of drug-likeness (QED) is 0.840. The molecule has 2 aromatic rings. The third-order valence-electron chi connectivity index (χ3n) is 3.04. The van der Waals surface area contributed by atoms with Gasteiger partial charge in [-0.3, -0.25) is 4.79 Å². The zero-order chi connectivity index (χ0) is 14.4. The van der Waals surface area contributed by atoms with Crippen molar-refractivity contribution in [3.63, 3.8) is 0 Å². The molecule has 2 rings (SSSR count). The maximum Gasteiger partial charge on any atom is 0.247 e. The molecule has 1 aromatic carbocycles. The van der Waals surface area contributed by atoms with Crippen molar-refractivity contribution in [3.8, 4) is 11.5 Å². The second kappa shape index (κ2) is 6.81. The highest BCUT2D eigenvalue weighted by Gasteiger charge is 2.07. The molecule has 0 aliphatic heterocycles. The Kier molecular flexibility index (Phi) is 4.84. The lowest BCUT2D eigenvalue weighted by molar-refractivity contribution is -0.116. The van der Waals surface area contributed by atoms with Gasteiger partial charge in [-0.05, 0) is 43.1 Å². The highest BCUT2D eigenvalue weighted by atomic mass is 16.4. The van der Waals surface area contributed by atoms with E-state index in [2.05, 4.69) is 15.5 Å². The lowest BCUT2D eigenvalue weighted by Crippen LogP contribution is -2.16. The molecule has 1 unspecified atom stereocenters. The summed E-state index contributed by atoms with van der Waals surface area (Å²) in [6.45, 7) is 2.64. The Labute approximate surface area is 117 Å². The number of hydrogen-bond donors (Lipinski definition) is 2.